The Morgan fingerprint density at radius 3 is 2.66 bits per heavy atom. The number of likely N-dealkylation sites (tertiary alicyclic amines) is 1. The van der Waals surface area contributed by atoms with Gasteiger partial charge in [0.15, 0.2) is 0 Å². The highest BCUT2D eigenvalue weighted by atomic mass is 19.1. The van der Waals surface area contributed by atoms with Gasteiger partial charge in [0.05, 0.1) is 12.1 Å². The molecule has 2 aliphatic rings. The number of benzene rings is 2. The fourth-order valence-corrected chi connectivity index (χ4v) is 4.15. The van der Waals surface area contributed by atoms with Crippen molar-refractivity contribution < 1.29 is 23.5 Å². The number of nitrogens with one attached hydrogen (secondary N) is 1. The summed E-state index contributed by atoms with van der Waals surface area (Å²) in [6.07, 6.45) is 1.34. The van der Waals surface area contributed by atoms with Gasteiger partial charge in [-0.25, -0.2) is 4.39 Å². The van der Waals surface area contributed by atoms with Crippen LogP contribution in [0.3, 0.4) is 0 Å². The zero-order chi connectivity index (χ0) is 22.7. The van der Waals surface area contributed by atoms with Crippen LogP contribution in [0.2, 0.25) is 0 Å². The van der Waals surface area contributed by atoms with Crippen molar-refractivity contribution in [2.75, 3.05) is 26.7 Å². The SMILES string of the molecule is CN1CCC2(CCC1=O)CN(CC(=O)NCc1ccc(F)cc1)C(=O)c1ccccc1O2. The minimum atomic E-state index is -0.750. The van der Waals surface area contributed by atoms with Crippen LogP contribution >= 0.6 is 0 Å². The van der Waals surface area contributed by atoms with Crippen LogP contribution in [0, 0.1) is 5.82 Å². The summed E-state index contributed by atoms with van der Waals surface area (Å²) >= 11 is 0. The van der Waals surface area contributed by atoms with Crippen LogP contribution in [-0.4, -0.2) is 59.8 Å². The molecule has 8 heteroatoms. The molecule has 168 valence electrons. The average molecular weight is 439 g/mol. The normalized spacial score (nSPS) is 20.9. The van der Waals surface area contributed by atoms with Gasteiger partial charge in [-0.05, 0) is 36.2 Å². The van der Waals surface area contributed by atoms with Gasteiger partial charge in [0, 0.05) is 33.0 Å². The van der Waals surface area contributed by atoms with Crippen molar-refractivity contribution >= 4 is 17.7 Å². The van der Waals surface area contributed by atoms with E-state index >= 15 is 0 Å². The molecule has 7 nitrogen and oxygen atoms in total. The molecule has 1 saturated heterocycles. The molecule has 32 heavy (non-hydrogen) atoms. The van der Waals surface area contributed by atoms with Crippen LogP contribution in [0.15, 0.2) is 48.5 Å². The maximum Gasteiger partial charge on any atom is 0.258 e. The molecule has 0 radical (unpaired) electrons. The summed E-state index contributed by atoms with van der Waals surface area (Å²) in [7, 11) is 1.76. The summed E-state index contributed by atoms with van der Waals surface area (Å²) in [6.45, 7) is 0.827. The molecule has 3 amide bonds. The van der Waals surface area contributed by atoms with Crippen molar-refractivity contribution in [2.45, 2.75) is 31.4 Å². The molecule has 2 aromatic rings. The number of carbonyl (C=O) groups excluding carboxylic acids is 3. The van der Waals surface area contributed by atoms with E-state index in [0.29, 0.717) is 37.1 Å². The van der Waals surface area contributed by atoms with Crippen molar-refractivity contribution in [1.82, 2.24) is 15.1 Å². The molecule has 0 bridgehead atoms. The first kappa shape index (κ1) is 21.8. The topological polar surface area (TPSA) is 79.0 Å². The lowest BCUT2D eigenvalue weighted by Gasteiger charge is -2.35. The van der Waals surface area contributed by atoms with E-state index in [1.165, 1.54) is 17.0 Å². The number of hydrogen-bond acceptors (Lipinski definition) is 4. The number of rotatable bonds is 4. The highest BCUT2D eigenvalue weighted by Crippen LogP contribution is 2.35. The minimum Gasteiger partial charge on any atom is -0.485 e. The molecule has 0 saturated carbocycles. The number of nitrogens with zero attached hydrogens (tertiary/aromatic N) is 2. The number of amides is 3. The fourth-order valence-electron chi connectivity index (χ4n) is 4.15. The van der Waals surface area contributed by atoms with E-state index in [1.807, 2.05) is 0 Å². The maximum atomic E-state index is 13.3. The molecule has 0 aromatic heterocycles. The largest absolute Gasteiger partial charge is 0.485 e. The minimum absolute atomic E-state index is 0.0397. The summed E-state index contributed by atoms with van der Waals surface area (Å²) < 4.78 is 19.5. The second kappa shape index (κ2) is 8.98. The summed E-state index contributed by atoms with van der Waals surface area (Å²) in [6, 6.07) is 12.9. The van der Waals surface area contributed by atoms with Gasteiger partial charge in [0.2, 0.25) is 11.8 Å². The summed E-state index contributed by atoms with van der Waals surface area (Å²) in [4.78, 5) is 41.4. The molecule has 2 heterocycles. The van der Waals surface area contributed by atoms with Gasteiger partial charge in [-0.3, -0.25) is 14.4 Å². The predicted octanol–water partition coefficient (Wildman–Crippen LogP) is 2.36. The molecule has 2 aliphatic heterocycles. The maximum absolute atomic E-state index is 13.3. The van der Waals surface area contributed by atoms with Gasteiger partial charge in [-0.2, -0.15) is 0 Å². The first-order chi connectivity index (χ1) is 15.3. The third kappa shape index (κ3) is 4.74. The number of fused-ring (bicyclic) bond motifs is 1. The number of halogens is 1. The van der Waals surface area contributed by atoms with Crippen LogP contribution in [-0.2, 0) is 16.1 Å². The second-order valence-corrected chi connectivity index (χ2v) is 8.41. The van der Waals surface area contributed by atoms with Crippen LogP contribution in [0.5, 0.6) is 5.75 Å². The number of para-hydroxylation sites is 1. The Hall–Kier alpha value is -3.42. The van der Waals surface area contributed by atoms with Gasteiger partial charge in [0.1, 0.15) is 23.7 Å². The fraction of sp³-hybridized carbons (Fsp3) is 0.375. The number of hydrogen-bond donors (Lipinski definition) is 1. The van der Waals surface area contributed by atoms with E-state index in [4.69, 9.17) is 4.74 Å². The van der Waals surface area contributed by atoms with Crippen LogP contribution in [0.4, 0.5) is 4.39 Å². The summed E-state index contributed by atoms with van der Waals surface area (Å²) in [5.74, 6) is -0.425. The highest BCUT2D eigenvalue weighted by molar-refractivity contribution is 5.99. The first-order valence-electron chi connectivity index (χ1n) is 10.7. The van der Waals surface area contributed by atoms with Crippen molar-refractivity contribution in [2.24, 2.45) is 0 Å². The molecule has 1 spiro atoms. The summed E-state index contributed by atoms with van der Waals surface area (Å²) in [5.41, 5.74) is 0.414. The molecular weight excluding hydrogens is 413 g/mol. The van der Waals surface area contributed by atoms with Gasteiger partial charge in [-0.15, -0.1) is 0 Å². The van der Waals surface area contributed by atoms with Crippen LogP contribution in [0.25, 0.3) is 0 Å². The third-order valence-corrected chi connectivity index (χ3v) is 6.07. The van der Waals surface area contributed by atoms with E-state index in [9.17, 15) is 18.8 Å². The van der Waals surface area contributed by atoms with E-state index in [-0.39, 0.29) is 43.2 Å². The lowest BCUT2D eigenvalue weighted by molar-refractivity contribution is -0.129. The lowest BCUT2D eigenvalue weighted by Crippen LogP contribution is -2.50. The monoisotopic (exact) mass is 439 g/mol. The molecule has 1 fully saturated rings. The highest BCUT2D eigenvalue weighted by Gasteiger charge is 2.43. The summed E-state index contributed by atoms with van der Waals surface area (Å²) in [5, 5.41) is 2.79. The zero-order valence-electron chi connectivity index (χ0n) is 18.0. The van der Waals surface area contributed by atoms with E-state index in [1.54, 1.807) is 48.3 Å². The Bertz CT molecular complexity index is 1030. The third-order valence-electron chi connectivity index (χ3n) is 6.07. The smallest absolute Gasteiger partial charge is 0.258 e. The van der Waals surface area contributed by atoms with E-state index < -0.39 is 5.60 Å². The number of ether oxygens (including phenoxy) is 1. The lowest BCUT2D eigenvalue weighted by atomic mass is 9.93. The standard InChI is InChI=1S/C24H26FN3O4/c1-27-13-12-24(11-10-22(27)30)16-28(23(31)19-4-2-3-5-20(19)32-24)15-21(29)26-14-17-6-8-18(25)9-7-17/h2-9H,10-16H2,1H3,(H,26,29). The van der Waals surface area contributed by atoms with Crippen LogP contribution in [0.1, 0.15) is 35.2 Å². The molecule has 1 unspecified atom stereocenters. The molecular formula is C24H26FN3O4. The van der Waals surface area contributed by atoms with Gasteiger partial charge in [0.25, 0.3) is 5.91 Å². The number of carbonyl (C=O) groups is 3. The molecule has 1 N–H and O–H groups in total. The van der Waals surface area contributed by atoms with Gasteiger partial charge < -0.3 is 19.9 Å². The van der Waals surface area contributed by atoms with Crippen molar-refractivity contribution in [1.29, 1.82) is 0 Å². The second-order valence-electron chi connectivity index (χ2n) is 8.41. The molecule has 1 atom stereocenters. The first-order valence-corrected chi connectivity index (χ1v) is 10.7. The van der Waals surface area contributed by atoms with Crippen molar-refractivity contribution in [3.8, 4) is 5.75 Å². The van der Waals surface area contributed by atoms with Gasteiger partial charge in [-0.1, -0.05) is 24.3 Å². The molecule has 2 aromatic carbocycles. The molecule has 4 rings (SSSR count). The van der Waals surface area contributed by atoms with E-state index in [0.717, 1.165) is 5.56 Å². The van der Waals surface area contributed by atoms with E-state index in [2.05, 4.69) is 5.32 Å². The molecule has 0 aliphatic carbocycles. The Kier molecular flexibility index (Phi) is 6.12. The zero-order valence-corrected chi connectivity index (χ0v) is 18.0. The van der Waals surface area contributed by atoms with Crippen molar-refractivity contribution in [3.63, 3.8) is 0 Å². The average Bonchev–Trinajstić information content (AvgIpc) is 2.99. The Balaban J connectivity index is 1.53. The van der Waals surface area contributed by atoms with Gasteiger partial charge >= 0.3 is 0 Å². The Labute approximate surface area is 186 Å². The quantitative estimate of drug-likeness (QED) is 0.793. The van der Waals surface area contributed by atoms with Crippen molar-refractivity contribution in [3.05, 3.63) is 65.5 Å². The van der Waals surface area contributed by atoms with Crippen LogP contribution < -0.4 is 10.1 Å². The Morgan fingerprint density at radius 1 is 1.12 bits per heavy atom. The predicted molar refractivity (Wildman–Crippen MR) is 115 cm³/mol. The Morgan fingerprint density at radius 2 is 1.88 bits per heavy atom.